The van der Waals surface area contributed by atoms with E-state index in [2.05, 4.69) is 19.8 Å². The molecule has 4 rings (SSSR count). The van der Waals surface area contributed by atoms with E-state index in [0.29, 0.717) is 28.0 Å². The summed E-state index contributed by atoms with van der Waals surface area (Å²) in [5, 5.41) is 4.35. The van der Waals surface area contributed by atoms with Crippen LogP contribution in [-0.2, 0) is 20.0 Å². The molecule has 156 valence electrons. The summed E-state index contributed by atoms with van der Waals surface area (Å²) in [6, 6.07) is 11.6. The number of para-hydroxylation sites is 1. The zero-order chi connectivity index (χ0) is 21.5. The minimum atomic E-state index is -3.67. The molecule has 0 amide bonds. The molecule has 0 fully saturated rings. The van der Waals surface area contributed by atoms with Crippen molar-refractivity contribution in [3.8, 4) is 0 Å². The summed E-state index contributed by atoms with van der Waals surface area (Å²) >= 11 is 0. The van der Waals surface area contributed by atoms with Gasteiger partial charge >= 0.3 is 0 Å². The standard InChI is InChI=1S/C19H19N5O4S2/c1-29(25,26)23-15-6-4-3-5-14(15)17-12-19(24(22-17)30(2,27)28)13-7-8-16-18(11-13)21-10-9-20-16/h3-11,19,23H,12H2,1-2H3/t19-/m1/s1. The zero-order valence-corrected chi connectivity index (χ0v) is 17.9. The van der Waals surface area contributed by atoms with Crippen LogP contribution in [0.15, 0.2) is 60.0 Å². The van der Waals surface area contributed by atoms with E-state index in [1.54, 1.807) is 54.9 Å². The maximum Gasteiger partial charge on any atom is 0.247 e. The Balaban J connectivity index is 1.78. The fourth-order valence-corrected chi connectivity index (χ4v) is 4.90. The van der Waals surface area contributed by atoms with Crippen molar-refractivity contribution in [1.29, 1.82) is 0 Å². The third-order valence-electron chi connectivity index (χ3n) is 4.62. The fraction of sp³-hybridized carbons (Fsp3) is 0.211. The van der Waals surface area contributed by atoms with E-state index >= 15 is 0 Å². The second-order valence-corrected chi connectivity index (χ2v) is 10.6. The Labute approximate surface area is 174 Å². The first-order valence-electron chi connectivity index (χ1n) is 8.96. The maximum atomic E-state index is 12.5. The lowest BCUT2D eigenvalue weighted by atomic mass is 9.98. The third-order valence-corrected chi connectivity index (χ3v) is 6.23. The average Bonchev–Trinajstić information content (AvgIpc) is 3.12. The number of fused-ring (bicyclic) bond motifs is 1. The molecule has 0 saturated carbocycles. The molecule has 1 aliphatic heterocycles. The van der Waals surface area contributed by atoms with E-state index in [9.17, 15) is 16.8 Å². The van der Waals surface area contributed by atoms with E-state index in [0.717, 1.165) is 22.5 Å². The molecule has 2 heterocycles. The van der Waals surface area contributed by atoms with Crippen LogP contribution in [0.1, 0.15) is 23.6 Å². The largest absolute Gasteiger partial charge is 0.283 e. The normalized spacial score (nSPS) is 17.2. The van der Waals surface area contributed by atoms with Crippen LogP contribution in [0.3, 0.4) is 0 Å². The van der Waals surface area contributed by atoms with Crippen molar-refractivity contribution < 1.29 is 16.8 Å². The van der Waals surface area contributed by atoms with Crippen molar-refractivity contribution in [1.82, 2.24) is 14.4 Å². The first-order valence-corrected chi connectivity index (χ1v) is 12.7. The zero-order valence-electron chi connectivity index (χ0n) is 16.2. The molecule has 0 spiro atoms. The van der Waals surface area contributed by atoms with E-state index < -0.39 is 26.1 Å². The molecule has 1 aliphatic rings. The lowest BCUT2D eigenvalue weighted by Crippen LogP contribution is -2.25. The van der Waals surface area contributed by atoms with Crippen molar-refractivity contribution in [3.05, 3.63) is 66.0 Å². The minimum absolute atomic E-state index is 0.279. The van der Waals surface area contributed by atoms with Crippen LogP contribution < -0.4 is 4.72 Å². The van der Waals surface area contributed by atoms with Gasteiger partial charge in [-0.15, -0.1) is 0 Å². The van der Waals surface area contributed by atoms with Gasteiger partial charge in [0.25, 0.3) is 0 Å². The number of rotatable bonds is 5. The fourth-order valence-electron chi connectivity index (χ4n) is 3.42. The highest BCUT2D eigenvalue weighted by atomic mass is 32.2. The SMILES string of the molecule is CS(=O)(=O)Nc1ccccc1C1=NN(S(C)(=O)=O)[C@@H](c2ccc3nccnc3c2)C1. The molecule has 0 unspecified atom stereocenters. The van der Waals surface area contributed by atoms with Crippen molar-refractivity contribution in [2.45, 2.75) is 12.5 Å². The Bertz CT molecular complexity index is 1370. The molecule has 1 N–H and O–H groups in total. The molecule has 0 saturated heterocycles. The van der Waals surface area contributed by atoms with E-state index in [4.69, 9.17) is 0 Å². The number of nitrogens with one attached hydrogen (secondary N) is 1. The van der Waals surface area contributed by atoms with Gasteiger partial charge in [0.15, 0.2) is 0 Å². The summed E-state index contributed by atoms with van der Waals surface area (Å²) in [6.07, 6.45) is 5.59. The monoisotopic (exact) mass is 445 g/mol. The summed E-state index contributed by atoms with van der Waals surface area (Å²) in [7, 11) is -7.18. The van der Waals surface area contributed by atoms with Crippen molar-refractivity contribution in [2.75, 3.05) is 17.2 Å². The van der Waals surface area contributed by atoms with Crippen LogP contribution in [0, 0.1) is 0 Å². The van der Waals surface area contributed by atoms with Crippen LogP contribution in [0.2, 0.25) is 0 Å². The Morgan fingerprint density at radius 3 is 2.37 bits per heavy atom. The van der Waals surface area contributed by atoms with Crippen LogP contribution >= 0.6 is 0 Å². The van der Waals surface area contributed by atoms with Gasteiger partial charge in [-0.2, -0.15) is 9.52 Å². The minimum Gasteiger partial charge on any atom is -0.283 e. The first kappa shape index (κ1) is 20.2. The topological polar surface area (TPSA) is 122 Å². The first-order chi connectivity index (χ1) is 14.1. The molecular weight excluding hydrogens is 426 g/mol. The van der Waals surface area contributed by atoms with Crippen molar-refractivity contribution in [3.63, 3.8) is 0 Å². The highest BCUT2D eigenvalue weighted by molar-refractivity contribution is 7.92. The molecule has 11 heteroatoms. The lowest BCUT2D eigenvalue weighted by Gasteiger charge is -2.21. The van der Waals surface area contributed by atoms with Gasteiger partial charge < -0.3 is 0 Å². The van der Waals surface area contributed by atoms with Crippen LogP contribution in [0.5, 0.6) is 0 Å². The highest BCUT2D eigenvalue weighted by Crippen LogP contribution is 2.36. The molecule has 3 aromatic rings. The Hall–Kier alpha value is -3.05. The predicted molar refractivity (Wildman–Crippen MR) is 115 cm³/mol. The second-order valence-electron chi connectivity index (χ2n) is 7.03. The van der Waals surface area contributed by atoms with E-state index in [1.165, 1.54) is 0 Å². The molecule has 0 bridgehead atoms. The number of hydrogen-bond donors (Lipinski definition) is 1. The van der Waals surface area contributed by atoms with Crippen molar-refractivity contribution in [2.24, 2.45) is 5.10 Å². The summed E-state index contributed by atoms with van der Waals surface area (Å²) < 4.78 is 51.9. The molecule has 1 atom stereocenters. The van der Waals surface area contributed by atoms with Gasteiger partial charge in [-0.1, -0.05) is 24.3 Å². The Morgan fingerprint density at radius 2 is 1.67 bits per heavy atom. The second kappa shape index (κ2) is 7.33. The number of anilines is 1. The van der Waals surface area contributed by atoms with Crippen LogP contribution in [0.25, 0.3) is 11.0 Å². The molecule has 0 radical (unpaired) electrons. The number of benzene rings is 2. The molecule has 2 aromatic carbocycles. The summed E-state index contributed by atoms with van der Waals surface area (Å²) in [4.78, 5) is 8.52. The Kier molecular flexibility index (Phi) is 4.94. The number of hydrogen-bond acceptors (Lipinski definition) is 7. The highest BCUT2D eigenvalue weighted by Gasteiger charge is 2.35. The molecule has 1 aromatic heterocycles. The maximum absolute atomic E-state index is 12.5. The van der Waals surface area contributed by atoms with Gasteiger partial charge in [-0.05, 0) is 23.8 Å². The number of sulfonamides is 2. The lowest BCUT2D eigenvalue weighted by molar-refractivity contribution is 0.375. The van der Waals surface area contributed by atoms with E-state index in [-0.39, 0.29) is 6.42 Å². The molecule has 9 nitrogen and oxygen atoms in total. The van der Waals surface area contributed by atoms with Crippen LogP contribution in [0.4, 0.5) is 5.69 Å². The van der Waals surface area contributed by atoms with Gasteiger partial charge in [0.2, 0.25) is 20.0 Å². The van der Waals surface area contributed by atoms with Crippen molar-refractivity contribution >= 4 is 42.5 Å². The van der Waals surface area contributed by atoms with Gasteiger partial charge in [0.05, 0.1) is 41.0 Å². The molecule has 0 aliphatic carbocycles. The summed E-state index contributed by atoms with van der Waals surface area (Å²) in [5.41, 5.74) is 3.42. The molecule has 30 heavy (non-hydrogen) atoms. The summed E-state index contributed by atoms with van der Waals surface area (Å²) in [6.45, 7) is 0. The smallest absolute Gasteiger partial charge is 0.247 e. The summed E-state index contributed by atoms with van der Waals surface area (Å²) in [5.74, 6) is 0. The number of nitrogens with zero attached hydrogens (tertiary/aromatic N) is 4. The van der Waals surface area contributed by atoms with Crippen LogP contribution in [-0.4, -0.2) is 49.4 Å². The quantitative estimate of drug-likeness (QED) is 0.642. The number of hydrazone groups is 1. The van der Waals surface area contributed by atoms with Gasteiger partial charge in [0, 0.05) is 24.4 Å². The third kappa shape index (κ3) is 4.12. The number of aromatic nitrogens is 2. The van der Waals surface area contributed by atoms with Gasteiger partial charge in [0.1, 0.15) is 0 Å². The van der Waals surface area contributed by atoms with Gasteiger partial charge in [-0.3, -0.25) is 14.7 Å². The molecular formula is C19H19N5O4S2. The Morgan fingerprint density at radius 1 is 0.967 bits per heavy atom. The van der Waals surface area contributed by atoms with Gasteiger partial charge in [-0.25, -0.2) is 16.8 Å². The van der Waals surface area contributed by atoms with E-state index in [1.807, 2.05) is 0 Å². The average molecular weight is 446 g/mol. The predicted octanol–water partition coefficient (Wildman–Crippen LogP) is 2.11.